The van der Waals surface area contributed by atoms with Crippen LogP contribution in [0.4, 0.5) is 0 Å². The lowest BCUT2D eigenvalue weighted by molar-refractivity contribution is 0.443. The minimum Gasteiger partial charge on any atom is -0.467 e. The number of halogens is 2. The summed E-state index contributed by atoms with van der Waals surface area (Å²) in [5, 5.41) is 3.57. The monoisotopic (exact) mass is 399 g/mol. The molecular formula is C16H19Br2NO. The van der Waals surface area contributed by atoms with Crippen molar-refractivity contribution in [2.75, 3.05) is 6.54 Å². The van der Waals surface area contributed by atoms with E-state index in [2.05, 4.69) is 70.1 Å². The van der Waals surface area contributed by atoms with E-state index in [0.717, 1.165) is 27.7 Å². The van der Waals surface area contributed by atoms with Crippen LogP contribution in [-0.4, -0.2) is 6.54 Å². The van der Waals surface area contributed by atoms with Gasteiger partial charge in [-0.1, -0.05) is 38.8 Å². The number of furan rings is 1. The highest BCUT2D eigenvalue weighted by Gasteiger charge is 2.21. The Morgan fingerprint density at radius 2 is 1.90 bits per heavy atom. The van der Waals surface area contributed by atoms with E-state index in [1.54, 1.807) is 6.26 Å². The lowest BCUT2D eigenvalue weighted by Gasteiger charge is -2.20. The summed E-state index contributed by atoms with van der Waals surface area (Å²) in [5.41, 5.74) is 3.57. The van der Waals surface area contributed by atoms with Gasteiger partial charge in [-0.15, -0.1) is 0 Å². The van der Waals surface area contributed by atoms with Gasteiger partial charge in [-0.05, 0) is 61.7 Å². The summed E-state index contributed by atoms with van der Waals surface area (Å²) in [6.45, 7) is 7.28. The van der Waals surface area contributed by atoms with E-state index in [0.29, 0.717) is 0 Å². The normalized spacial score (nSPS) is 12.7. The van der Waals surface area contributed by atoms with Crippen molar-refractivity contribution in [1.82, 2.24) is 5.32 Å². The first-order valence-corrected chi connectivity index (χ1v) is 8.36. The average Bonchev–Trinajstić information content (AvgIpc) is 2.82. The Kier molecular flexibility index (Phi) is 5.47. The summed E-state index contributed by atoms with van der Waals surface area (Å²) in [5.74, 6) is 0.981. The molecule has 0 aliphatic heterocycles. The summed E-state index contributed by atoms with van der Waals surface area (Å²) in [4.78, 5) is 0. The summed E-state index contributed by atoms with van der Waals surface area (Å²) >= 11 is 7.30. The fourth-order valence-electron chi connectivity index (χ4n) is 2.20. The van der Waals surface area contributed by atoms with Crippen molar-refractivity contribution in [3.63, 3.8) is 0 Å². The van der Waals surface area contributed by atoms with Gasteiger partial charge in [-0.2, -0.15) is 0 Å². The van der Waals surface area contributed by atoms with Gasteiger partial charge < -0.3 is 9.73 Å². The van der Waals surface area contributed by atoms with E-state index in [4.69, 9.17) is 4.42 Å². The summed E-state index contributed by atoms with van der Waals surface area (Å²) < 4.78 is 7.92. The van der Waals surface area contributed by atoms with Gasteiger partial charge in [0.2, 0.25) is 0 Å². The lowest BCUT2D eigenvalue weighted by Crippen LogP contribution is -2.23. The van der Waals surface area contributed by atoms with Gasteiger partial charge in [0, 0.05) is 8.95 Å². The van der Waals surface area contributed by atoms with Gasteiger partial charge in [0.15, 0.2) is 0 Å². The van der Waals surface area contributed by atoms with Crippen LogP contribution >= 0.6 is 31.9 Å². The van der Waals surface area contributed by atoms with Crippen molar-refractivity contribution in [1.29, 1.82) is 0 Å². The van der Waals surface area contributed by atoms with Crippen LogP contribution < -0.4 is 5.32 Å². The second-order valence-electron chi connectivity index (χ2n) is 4.98. The van der Waals surface area contributed by atoms with Crippen molar-refractivity contribution in [2.45, 2.75) is 33.2 Å². The van der Waals surface area contributed by atoms with Gasteiger partial charge in [-0.3, -0.25) is 0 Å². The second-order valence-corrected chi connectivity index (χ2v) is 6.69. The molecule has 0 fully saturated rings. The topological polar surface area (TPSA) is 25.2 Å². The van der Waals surface area contributed by atoms with E-state index < -0.39 is 0 Å². The second kappa shape index (κ2) is 6.92. The van der Waals surface area contributed by atoms with Crippen molar-refractivity contribution < 1.29 is 4.42 Å². The number of benzene rings is 1. The molecule has 1 atom stereocenters. The van der Waals surface area contributed by atoms with E-state index in [1.807, 2.05) is 6.07 Å². The van der Waals surface area contributed by atoms with Crippen LogP contribution in [0, 0.1) is 13.8 Å². The molecule has 0 saturated carbocycles. The van der Waals surface area contributed by atoms with Crippen molar-refractivity contribution in [3.8, 4) is 0 Å². The molecule has 20 heavy (non-hydrogen) atoms. The predicted octanol–water partition coefficient (Wildman–Crippen LogP) is 5.51. The van der Waals surface area contributed by atoms with Crippen molar-refractivity contribution >= 4 is 31.9 Å². The first kappa shape index (κ1) is 15.8. The zero-order valence-electron chi connectivity index (χ0n) is 12.0. The third-order valence-electron chi connectivity index (χ3n) is 3.35. The summed E-state index contributed by atoms with van der Waals surface area (Å²) in [7, 11) is 0. The van der Waals surface area contributed by atoms with Gasteiger partial charge in [-0.25, -0.2) is 0 Å². The van der Waals surface area contributed by atoms with Crippen LogP contribution in [0.2, 0.25) is 0 Å². The quantitative estimate of drug-likeness (QED) is 0.715. The molecule has 1 aromatic carbocycles. The molecule has 0 spiro atoms. The Balaban J connectivity index is 2.46. The Labute approximate surface area is 137 Å². The molecule has 2 rings (SSSR count). The van der Waals surface area contributed by atoms with Gasteiger partial charge in [0.05, 0.1) is 12.3 Å². The van der Waals surface area contributed by atoms with E-state index in [-0.39, 0.29) is 6.04 Å². The van der Waals surface area contributed by atoms with E-state index in [9.17, 15) is 0 Å². The molecule has 1 aromatic heterocycles. The Morgan fingerprint density at radius 1 is 1.15 bits per heavy atom. The number of rotatable bonds is 5. The molecule has 0 aliphatic rings. The van der Waals surface area contributed by atoms with Crippen molar-refractivity contribution in [3.05, 3.63) is 55.9 Å². The van der Waals surface area contributed by atoms with Gasteiger partial charge >= 0.3 is 0 Å². The lowest BCUT2D eigenvalue weighted by atomic mass is 10.0. The van der Waals surface area contributed by atoms with Crippen molar-refractivity contribution in [2.24, 2.45) is 0 Å². The van der Waals surface area contributed by atoms with Crippen LogP contribution in [-0.2, 0) is 0 Å². The first-order chi connectivity index (χ1) is 9.54. The fraction of sp³-hybridized carbons (Fsp3) is 0.375. The van der Waals surface area contributed by atoms with E-state index >= 15 is 0 Å². The summed E-state index contributed by atoms with van der Waals surface area (Å²) in [6, 6.07) is 6.37. The maximum absolute atomic E-state index is 5.70. The number of nitrogens with one attached hydrogen (secondary N) is 1. The zero-order chi connectivity index (χ0) is 14.7. The van der Waals surface area contributed by atoms with Crippen LogP contribution in [0.15, 0.2) is 37.8 Å². The predicted molar refractivity (Wildman–Crippen MR) is 90.2 cm³/mol. The number of hydrogen-bond acceptors (Lipinski definition) is 2. The molecule has 1 unspecified atom stereocenters. The molecule has 0 bridgehead atoms. The highest BCUT2D eigenvalue weighted by atomic mass is 79.9. The molecule has 2 nitrogen and oxygen atoms in total. The molecule has 2 aromatic rings. The Hall–Kier alpha value is -0.580. The van der Waals surface area contributed by atoms with Crippen LogP contribution in [0.25, 0.3) is 0 Å². The molecule has 1 N–H and O–H groups in total. The van der Waals surface area contributed by atoms with Gasteiger partial charge in [0.1, 0.15) is 5.76 Å². The average molecular weight is 401 g/mol. The molecule has 0 radical (unpaired) electrons. The zero-order valence-corrected chi connectivity index (χ0v) is 15.1. The largest absolute Gasteiger partial charge is 0.467 e. The number of aryl methyl sites for hydroxylation is 2. The van der Waals surface area contributed by atoms with Crippen LogP contribution in [0.1, 0.15) is 41.8 Å². The maximum Gasteiger partial charge on any atom is 0.128 e. The fourth-order valence-corrected chi connectivity index (χ4v) is 3.24. The minimum atomic E-state index is 0.0659. The molecular weight excluding hydrogens is 382 g/mol. The third kappa shape index (κ3) is 3.35. The number of hydrogen-bond donors (Lipinski definition) is 1. The highest BCUT2D eigenvalue weighted by molar-refractivity contribution is 9.11. The Morgan fingerprint density at radius 3 is 2.50 bits per heavy atom. The molecule has 0 saturated heterocycles. The smallest absolute Gasteiger partial charge is 0.128 e. The van der Waals surface area contributed by atoms with Gasteiger partial charge in [0.25, 0.3) is 0 Å². The maximum atomic E-state index is 5.70. The third-order valence-corrected chi connectivity index (χ3v) is 4.89. The van der Waals surface area contributed by atoms with Crippen LogP contribution in [0.5, 0.6) is 0 Å². The molecule has 4 heteroatoms. The minimum absolute atomic E-state index is 0.0659. The standard InChI is InChI=1S/C16H19Br2NO/c1-4-6-19-15(16-10(2)5-7-20-16)12-9-13(17)11(3)8-14(12)18/h5,7-9,15,19H,4,6H2,1-3H3. The highest BCUT2D eigenvalue weighted by Crippen LogP contribution is 2.34. The molecule has 1 heterocycles. The Bertz CT molecular complexity index is 592. The van der Waals surface area contributed by atoms with E-state index in [1.165, 1.54) is 16.7 Å². The molecule has 0 aliphatic carbocycles. The molecule has 108 valence electrons. The molecule has 0 amide bonds. The first-order valence-electron chi connectivity index (χ1n) is 6.77. The SMILES string of the molecule is CCCNC(c1cc(Br)c(C)cc1Br)c1occc1C. The van der Waals surface area contributed by atoms with Crippen LogP contribution in [0.3, 0.4) is 0 Å². The summed E-state index contributed by atoms with van der Waals surface area (Å²) in [6.07, 6.45) is 2.84.